The maximum Gasteiger partial charge on any atom is 0.127 e. The molecule has 1 unspecified atom stereocenters. The second-order valence-corrected chi connectivity index (χ2v) is 6.58. The summed E-state index contributed by atoms with van der Waals surface area (Å²) >= 11 is 0. The number of benzene rings is 3. The number of hydrogen-bond acceptors (Lipinski definition) is 3. The van der Waals surface area contributed by atoms with Gasteiger partial charge in [0, 0.05) is 13.1 Å². The molecule has 0 radical (unpaired) electrons. The number of para-hydroxylation sites is 2. The van der Waals surface area contributed by atoms with Crippen LogP contribution in [0.5, 0.6) is 17.2 Å². The molecule has 26 heavy (non-hydrogen) atoms. The van der Waals surface area contributed by atoms with Crippen LogP contribution in [0.1, 0.15) is 17.5 Å². The van der Waals surface area contributed by atoms with Gasteiger partial charge >= 0.3 is 0 Å². The van der Waals surface area contributed by atoms with Crippen LogP contribution in [-0.4, -0.2) is 12.6 Å². The standard InChI is InChI=1S/C23H23NO2/c1-2-9-20(10-3-1)25-21-11-6-7-18(15-21)16-24-17-22-14-13-19-8-4-5-12-23(19)26-22/h1-12,15,22,24H,13-14,16-17H2. The molecule has 3 aromatic rings. The molecule has 1 heterocycles. The van der Waals surface area contributed by atoms with E-state index in [-0.39, 0.29) is 6.10 Å². The van der Waals surface area contributed by atoms with Gasteiger partial charge < -0.3 is 14.8 Å². The van der Waals surface area contributed by atoms with Crippen LogP contribution in [0.15, 0.2) is 78.9 Å². The van der Waals surface area contributed by atoms with E-state index in [9.17, 15) is 0 Å². The van der Waals surface area contributed by atoms with E-state index in [1.54, 1.807) is 0 Å². The van der Waals surface area contributed by atoms with E-state index >= 15 is 0 Å². The molecule has 0 saturated carbocycles. The van der Waals surface area contributed by atoms with Gasteiger partial charge in [-0.2, -0.15) is 0 Å². The number of aryl methyl sites for hydroxylation is 1. The van der Waals surface area contributed by atoms with Gasteiger partial charge in [-0.05, 0) is 54.3 Å². The molecular formula is C23H23NO2. The van der Waals surface area contributed by atoms with E-state index in [4.69, 9.17) is 9.47 Å². The van der Waals surface area contributed by atoms with Crippen molar-refractivity contribution in [1.29, 1.82) is 0 Å². The number of hydrogen-bond donors (Lipinski definition) is 1. The smallest absolute Gasteiger partial charge is 0.127 e. The lowest BCUT2D eigenvalue weighted by Crippen LogP contribution is -2.33. The minimum absolute atomic E-state index is 0.230. The van der Waals surface area contributed by atoms with Gasteiger partial charge in [0.05, 0.1) is 0 Å². The second-order valence-electron chi connectivity index (χ2n) is 6.58. The van der Waals surface area contributed by atoms with Crippen LogP contribution in [0, 0.1) is 0 Å². The fourth-order valence-electron chi connectivity index (χ4n) is 3.25. The fraction of sp³-hybridized carbons (Fsp3) is 0.217. The Hall–Kier alpha value is -2.78. The molecule has 0 fully saturated rings. The van der Waals surface area contributed by atoms with E-state index in [0.29, 0.717) is 0 Å². The summed E-state index contributed by atoms with van der Waals surface area (Å²) in [5.41, 5.74) is 2.52. The molecule has 1 atom stereocenters. The molecule has 132 valence electrons. The van der Waals surface area contributed by atoms with Crippen LogP contribution in [-0.2, 0) is 13.0 Å². The zero-order valence-corrected chi connectivity index (χ0v) is 14.7. The summed E-state index contributed by atoms with van der Waals surface area (Å²) in [6.45, 7) is 1.64. The molecular weight excluding hydrogens is 322 g/mol. The quantitative estimate of drug-likeness (QED) is 0.685. The van der Waals surface area contributed by atoms with Crippen molar-refractivity contribution in [2.24, 2.45) is 0 Å². The fourth-order valence-corrected chi connectivity index (χ4v) is 3.25. The molecule has 0 aromatic heterocycles. The van der Waals surface area contributed by atoms with Gasteiger partial charge in [-0.15, -0.1) is 0 Å². The Kier molecular flexibility index (Phi) is 5.17. The first-order chi connectivity index (χ1) is 12.9. The third kappa shape index (κ3) is 4.24. The first-order valence-electron chi connectivity index (χ1n) is 9.14. The minimum Gasteiger partial charge on any atom is -0.489 e. The molecule has 0 bridgehead atoms. The Morgan fingerprint density at radius 1 is 0.885 bits per heavy atom. The Morgan fingerprint density at radius 2 is 1.69 bits per heavy atom. The molecule has 4 rings (SSSR count). The summed E-state index contributed by atoms with van der Waals surface area (Å²) in [4.78, 5) is 0. The normalized spacial score (nSPS) is 15.8. The summed E-state index contributed by atoms with van der Waals surface area (Å²) in [5.74, 6) is 2.74. The van der Waals surface area contributed by atoms with Crippen molar-refractivity contribution in [3.63, 3.8) is 0 Å². The highest BCUT2D eigenvalue weighted by Gasteiger charge is 2.18. The topological polar surface area (TPSA) is 30.5 Å². The van der Waals surface area contributed by atoms with Crippen LogP contribution >= 0.6 is 0 Å². The molecule has 0 amide bonds. The van der Waals surface area contributed by atoms with Crippen LogP contribution in [0.25, 0.3) is 0 Å². The average molecular weight is 345 g/mol. The van der Waals surface area contributed by atoms with Crippen molar-refractivity contribution in [2.75, 3.05) is 6.54 Å². The van der Waals surface area contributed by atoms with Crippen LogP contribution in [0.2, 0.25) is 0 Å². The molecule has 0 aliphatic carbocycles. The lowest BCUT2D eigenvalue weighted by atomic mass is 10.0. The summed E-state index contributed by atoms with van der Waals surface area (Å²) in [5, 5.41) is 3.51. The first-order valence-corrected chi connectivity index (χ1v) is 9.14. The van der Waals surface area contributed by atoms with Gasteiger partial charge in [0.25, 0.3) is 0 Å². The zero-order valence-electron chi connectivity index (χ0n) is 14.7. The van der Waals surface area contributed by atoms with Crippen molar-refractivity contribution in [1.82, 2.24) is 5.32 Å². The van der Waals surface area contributed by atoms with Crippen LogP contribution < -0.4 is 14.8 Å². The molecule has 0 spiro atoms. The Balaban J connectivity index is 1.29. The van der Waals surface area contributed by atoms with Gasteiger partial charge in [0.1, 0.15) is 23.4 Å². The van der Waals surface area contributed by atoms with Crippen molar-refractivity contribution in [2.45, 2.75) is 25.5 Å². The number of ether oxygens (including phenoxy) is 2. The molecule has 1 aliphatic heterocycles. The van der Waals surface area contributed by atoms with Crippen LogP contribution in [0.3, 0.4) is 0 Å². The van der Waals surface area contributed by atoms with Gasteiger partial charge in [-0.3, -0.25) is 0 Å². The number of rotatable bonds is 6. The highest BCUT2D eigenvalue weighted by molar-refractivity contribution is 5.35. The van der Waals surface area contributed by atoms with E-state index in [1.165, 1.54) is 11.1 Å². The Labute approximate surface area is 154 Å². The maximum atomic E-state index is 6.09. The van der Waals surface area contributed by atoms with E-state index in [2.05, 4.69) is 35.6 Å². The van der Waals surface area contributed by atoms with Crippen molar-refractivity contribution < 1.29 is 9.47 Å². The van der Waals surface area contributed by atoms with Crippen molar-refractivity contribution in [3.8, 4) is 17.2 Å². The van der Waals surface area contributed by atoms with Gasteiger partial charge in [0.2, 0.25) is 0 Å². The van der Waals surface area contributed by atoms with Crippen molar-refractivity contribution in [3.05, 3.63) is 90.0 Å². The third-order valence-electron chi connectivity index (χ3n) is 4.58. The van der Waals surface area contributed by atoms with Gasteiger partial charge in [0.15, 0.2) is 0 Å². The Bertz CT molecular complexity index is 848. The summed E-state index contributed by atoms with van der Waals surface area (Å²) in [7, 11) is 0. The lowest BCUT2D eigenvalue weighted by molar-refractivity contribution is 0.170. The highest BCUT2D eigenvalue weighted by Crippen LogP contribution is 2.27. The van der Waals surface area contributed by atoms with E-state index in [1.807, 2.05) is 48.5 Å². The van der Waals surface area contributed by atoms with Gasteiger partial charge in [-0.1, -0.05) is 48.5 Å². The number of fused-ring (bicyclic) bond motifs is 1. The molecule has 1 aliphatic rings. The molecule has 3 nitrogen and oxygen atoms in total. The molecule has 0 saturated heterocycles. The summed E-state index contributed by atoms with van der Waals surface area (Å²) in [6.07, 6.45) is 2.37. The minimum atomic E-state index is 0.230. The SMILES string of the molecule is c1ccc(Oc2cccc(CNCC3CCc4ccccc4O3)c2)cc1. The van der Waals surface area contributed by atoms with Gasteiger partial charge in [-0.25, -0.2) is 0 Å². The zero-order chi connectivity index (χ0) is 17.6. The molecule has 3 aromatic carbocycles. The number of nitrogens with one attached hydrogen (secondary N) is 1. The predicted molar refractivity (Wildman–Crippen MR) is 104 cm³/mol. The molecule has 3 heteroatoms. The summed E-state index contributed by atoms with van der Waals surface area (Å²) in [6, 6.07) is 26.4. The largest absolute Gasteiger partial charge is 0.489 e. The maximum absolute atomic E-state index is 6.09. The molecule has 1 N–H and O–H groups in total. The average Bonchev–Trinajstić information content (AvgIpc) is 2.69. The van der Waals surface area contributed by atoms with Crippen molar-refractivity contribution >= 4 is 0 Å². The van der Waals surface area contributed by atoms with E-state index in [0.717, 1.165) is 43.2 Å². The lowest BCUT2D eigenvalue weighted by Gasteiger charge is -2.26. The van der Waals surface area contributed by atoms with Crippen LogP contribution in [0.4, 0.5) is 0 Å². The Morgan fingerprint density at radius 3 is 2.62 bits per heavy atom. The first kappa shape index (κ1) is 16.7. The monoisotopic (exact) mass is 345 g/mol. The van der Waals surface area contributed by atoms with E-state index < -0.39 is 0 Å². The predicted octanol–water partition coefficient (Wildman–Crippen LogP) is 4.96. The third-order valence-corrected chi connectivity index (χ3v) is 4.58. The summed E-state index contributed by atoms with van der Waals surface area (Å²) < 4.78 is 12.0. The highest BCUT2D eigenvalue weighted by atomic mass is 16.5. The second kappa shape index (κ2) is 8.07.